The Balaban J connectivity index is 1.75. The molecule has 1 aliphatic heterocycles. The summed E-state index contributed by atoms with van der Waals surface area (Å²) < 4.78 is 36.7. The molecule has 1 aromatic carbocycles. The van der Waals surface area contributed by atoms with E-state index in [1.54, 1.807) is 30.2 Å². The van der Waals surface area contributed by atoms with Crippen molar-refractivity contribution in [3.63, 3.8) is 0 Å². The number of benzene rings is 1. The molecule has 1 aromatic heterocycles. The number of ether oxygens (including phenoxy) is 1. The fraction of sp³-hybridized carbons (Fsp3) is 0.444. The molecule has 0 N–H and O–H groups in total. The van der Waals surface area contributed by atoms with E-state index < -0.39 is 10.0 Å². The summed E-state index contributed by atoms with van der Waals surface area (Å²) in [7, 11) is -0.639. The Labute approximate surface area is 158 Å². The quantitative estimate of drug-likeness (QED) is 0.709. The number of carbonyl (C=O) groups is 1. The van der Waals surface area contributed by atoms with Gasteiger partial charge in [0.25, 0.3) is 5.91 Å². The summed E-state index contributed by atoms with van der Waals surface area (Å²) >= 11 is 0. The number of hydrogen-bond donors (Lipinski definition) is 0. The Morgan fingerprint density at radius 2 is 2.22 bits per heavy atom. The largest absolute Gasteiger partial charge is 0.384 e. The van der Waals surface area contributed by atoms with Crippen molar-refractivity contribution in [2.24, 2.45) is 5.92 Å². The van der Waals surface area contributed by atoms with E-state index in [2.05, 4.69) is 5.16 Å². The second-order valence-electron chi connectivity index (χ2n) is 6.64. The first-order chi connectivity index (χ1) is 12.9. The Kier molecular flexibility index (Phi) is 5.93. The monoisotopic (exact) mass is 393 g/mol. The van der Waals surface area contributed by atoms with Crippen LogP contribution in [0.4, 0.5) is 0 Å². The lowest BCUT2D eigenvalue weighted by atomic mass is 10.1. The van der Waals surface area contributed by atoms with Crippen LogP contribution in [0, 0.1) is 5.92 Å². The minimum absolute atomic E-state index is 0.0759. The molecule has 27 heavy (non-hydrogen) atoms. The molecular formula is C18H23N3O5S. The van der Waals surface area contributed by atoms with Crippen LogP contribution in [-0.4, -0.2) is 62.5 Å². The molecule has 1 atom stereocenters. The molecule has 1 saturated heterocycles. The van der Waals surface area contributed by atoms with Crippen LogP contribution < -0.4 is 0 Å². The molecule has 3 rings (SSSR count). The van der Waals surface area contributed by atoms with Gasteiger partial charge in [0.2, 0.25) is 10.0 Å². The van der Waals surface area contributed by atoms with Gasteiger partial charge in [0, 0.05) is 44.8 Å². The Bertz CT molecular complexity index is 882. The highest BCUT2D eigenvalue weighted by molar-refractivity contribution is 7.89. The molecule has 0 aliphatic carbocycles. The summed E-state index contributed by atoms with van der Waals surface area (Å²) in [6.07, 6.45) is 2.28. The average molecular weight is 393 g/mol. The molecule has 1 amide bonds. The van der Waals surface area contributed by atoms with Crippen molar-refractivity contribution in [3.05, 3.63) is 47.9 Å². The van der Waals surface area contributed by atoms with Crippen LogP contribution in [0.15, 0.2) is 46.0 Å². The van der Waals surface area contributed by atoms with E-state index in [-0.39, 0.29) is 17.3 Å². The molecule has 2 aromatic rings. The van der Waals surface area contributed by atoms with Gasteiger partial charge < -0.3 is 14.2 Å². The zero-order valence-corrected chi connectivity index (χ0v) is 16.2. The Hall–Kier alpha value is -2.23. The van der Waals surface area contributed by atoms with Gasteiger partial charge in [0.05, 0.1) is 23.7 Å². The summed E-state index contributed by atoms with van der Waals surface area (Å²) in [5.74, 6) is 0.157. The predicted octanol–water partition coefficient (Wildman–Crippen LogP) is 1.60. The van der Waals surface area contributed by atoms with Crippen molar-refractivity contribution in [1.29, 1.82) is 0 Å². The predicted molar refractivity (Wildman–Crippen MR) is 97.5 cm³/mol. The SMILES string of the molecule is COC[C@H]1CCN(C(=O)c2cccc(S(=O)(=O)N(C)Cc3ccon3)c2)C1. The van der Waals surface area contributed by atoms with E-state index in [0.29, 0.717) is 36.9 Å². The minimum atomic E-state index is -3.75. The van der Waals surface area contributed by atoms with Crippen molar-refractivity contribution < 1.29 is 22.5 Å². The molecule has 1 fully saturated rings. The smallest absolute Gasteiger partial charge is 0.253 e. The summed E-state index contributed by atoms with van der Waals surface area (Å²) in [6.45, 7) is 1.97. The average Bonchev–Trinajstić information content (AvgIpc) is 3.33. The van der Waals surface area contributed by atoms with Crippen molar-refractivity contribution in [2.45, 2.75) is 17.9 Å². The van der Waals surface area contributed by atoms with E-state index in [1.807, 2.05) is 0 Å². The van der Waals surface area contributed by atoms with E-state index in [9.17, 15) is 13.2 Å². The van der Waals surface area contributed by atoms with E-state index in [0.717, 1.165) is 6.42 Å². The second kappa shape index (κ2) is 8.20. The first-order valence-electron chi connectivity index (χ1n) is 8.65. The zero-order chi connectivity index (χ0) is 19.4. The maximum Gasteiger partial charge on any atom is 0.253 e. The van der Waals surface area contributed by atoms with Crippen LogP contribution in [0.25, 0.3) is 0 Å². The number of amides is 1. The molecular weight excluding hydrogens is 370 g/mol. The molecule has 1 aliphatic rings. The van der Waals surface area contributed by atoms with Gasteiger partial charge >= 0.3 is 0 Å². The molecule has 2 heterocycles. The lowest BCUT2D eigenvalue weighted by Gasteiger charge is -2.19. The number of likely N-dealkylation sites (tertiary alicyclic amines) is 1. The number of aromatic nitrogens is 1. The van der Waals surface area contributed by atoms with Gasteiger partial charge in [-0.15, -0.1) is 0 Å². The van der Waals surface area contributed by atoms with Gasteiger partial charge in [-0.25, -0.2) is 8.42 Å². The molecule has 0 unspecified atom stereocenters. The van der Waals surface area contributed by atoms with E-state index in [1.165, 1.54) is 29.7 Å². The summed E-state index contributed by atoms with van der Waals surface area (Å²) in [5.41, 5.74) is 0.874. The van der Waals surface area contributed by atoms with Gasteiger partial charge in [-0.05, 0) is 24.6 Å². The van der Waals surface area contributed by atoms with Gasteiger partial charge in [-0.3, -0.25) is 4.79 Å². The molecule has 9 heteroatoms. The third kappa shape index (κ3) is 4.37. The Morgan fingerprint density at radius 1 is 1.41 bits per heavy atom. The fourth-order valence-corrected chi connectivity index (χ4v) is 4.36. The molecule has 0 radical (unpaired) electrons. The van der Waals surface area contributed by atoms with Crippen LogP contribution in [0.2, 0.25) is 0 Å². The Morgan fingerprint density at radius 3 is 2.93 bits per heavy atom. The first-order valence-corrected chi connectivity index (χ1v) is 10.1. The molecule has 0 bridgehead atoms. The van der Waals surface area contributed by atoms with Gasteiger partial charge in [0.15, 0.2) is 0 Å². The number of sulfonamides is 1. The number of carbonyl (C=O) groups excluding carboxylic acids is 1. The van der Waals surface area contributed by atoms with Crippen LogP contribution in [0.1, 0.15) is 22.5 Å². The van der Waals surface area contributed by atoms with Crippen molar-refractivity contribution in [2.75, 3.05) is 33.9 Å². The lowest BCUT2D eigenvalue weighted by molar-refractivity contribution is 0.0775. The normalized spacial score (nSPS) is 17.6. The highest BCUT2D eigenvalue weighted by Gasteiger charge is 2.28. The first kappa shape index (κ1) is 19.5. The number of rotatable bonds is 7. The van der Waals surface area contributed by atoms with Gasteiger partial charge in [-0.1, -0.05) is 11.2 Å². The fourth-order valence-electron chi connectivity index (χ4n) is 3.17. The lowest BCUT2D eigenvalue weighted by Crippen LogP contribution is -2.30. The number of methoxy groups -OCH3 is 1. The van der Waals surface area contributed by atoms with Crippen LogP contribution in [-0.2, 0) is 21.3 Å². The minimum Gasteiger partial charge on any atom is -0.384 e. The van der Waals surface area contributed by atoms with Crippen LogP contribution in [0.5, 0.6) is 0 Å². The summed E-state index contributed by atoms with van der Waals surface area (Å²) in [6, 6.07) is 7.76. The molecule has 146 valence electrons. The topological polar surface area (TPSA) is 93.0 Å². The maximum atomic E-state index is 12.8. The molecule has 8 nitrogen and oxygen atoms in total. The van der Waals surface area contributed by atoms with E-state index in [4.69, 9.17) is 9.26 Å². The van der Waals surface area contributed by atoms with Gasteiger partial charge in [-0.2, -0.15) is 4.31 Å². The van der Waals surface area contributed by atoms with E-state index >= 15 is 0 Å². The van der Waals surface area contributed by atoms with Crippen LogP contribution in [0.3, 0.4) is 0 Å². The third-order valence-electron chi connectivity index (χ3n) is 4.64. The summed E-state index contributed by atoms with van der Waals surface area (Å²) in [5, 5.41) is 3.73. The number of nitrogens with zero attached hydrogens (tertiary/aromatic N) is 3. The zero-order valence-electron chi connectivity index (χ0n) is 15.4. The highest BCUT2D eigenvalue weighted by atomic mass is 32.2. The molecule has 0 spiro atoms. The summed E-state index contributed by atoms with van der Waals surface area (Å²) in [4.78, 5) is 14.6. The van der Waals surface area contributed by atoms with Crippen molar-refractivity contribution in [1.82, 2.24) is 14.4 Å². The molecule has 0 saturated carbocycles. The third-order valence-corrected chi connectivity index (χ3v) is 6.44. The maximum absolute atomic E-state index is 12.8. The van der Waals surface area contributed by atoms with Crippen molar-refractivity contribution >= 4 is 15.9 Å². The standard InChI is InChI=1S/C18H23N3O5S/c1-20(12-16-7-9-26-19-16)27(23,24)17-5-3-4-15(10-17)18(22)21-8-6-14(11-21)13-25-2/h3-5,7,9-10,14H,6,8,11-13H2,1-2H3/t14-/m0/s1. The highest BCUT2D eigenvalue weighted by Crippen LogP contribution is 2.22. The van der Waals surface area contributed by atoms with Crippen LogP contribution >= 0.6 is 0 Å². The van der Waals surface area contributed by atoms with Crippen molar-refractivity contribution in [3.8, 4) is 0 Å². The van der Waals surface area contributed by atoms with Gasteiger partial charge in [0.1, 0.15) is 6.26 Å². The number of hydrogen-bond acceptors (Lipinski definition) is 6. The second-order valence-corrected chi connectivity index (χ2v) is 8.69.